The van der Waals surface area contributed by atoms with Crippen LogP contribution < -0.4 is 0 Å². The first kappa shape index (κ1) is 59.1. The van der Waals surface area contributed by atoms with Crippen LogP contribution in [0, 0.1) is 0 Å². The topological polar surface area (TPSA) is 0 Å². The van der Waals surface area contributed by atoms with Gasteiger partial charge in [0.25, 0.3) is 0 Å². The van der Waals surface area contributed by atoms with Gasteiger partial charge in [0.1, 0.15) is 38.8 Å². The Labute approximate surface area is 513 Å². The van der Waals surface area contributed by atoms with Gasteiger partial charge in [-0.1, -0.05) is 446 Å². The Kier molecular flexibility index (Phi) is 25.9. The number of hydrogen-bond donors (Lipinski definition) is 0. The highest BCUT2D eigenvalue weighted by atomic mass is 80.0. The zero-order chi connectivity index (χ0) is 37.7. The second-order valence-corrected chi connectivity index (χ2v) is 59.5. The molecule has 0 aliphatic carbocycles. The van der Waals surface area contributed by atoms with Gasteiger partial charge in [0.15, 0.2) is 2.14 Å². The molecule has 0 nitrogen and oxygen atoms in total. The fourth-order valence-electron chi connectivity index (χ4n) is 2.41. The summed E-state index contributed by atoms with van der Waals surface area (Å²) in [5, 5.41) is 0. The minimum absolute atomic E-state index is 0.654. The first-order valence-corrected chi connectivity index (χ1v) is 33.0. The lowest BCUT2D eigenvalue weighted by atomic mass is 10.0. The average Bonchev–Trinajstić information content (AvgIpc) is 2.81. The van der Waals surface area contributed by atoms with Crippen molar-refractivity contribution >= 4 is 478 Å². The molecule has 0 spiro atoms. The van der Waals surface area contributed by atoms with E-state index in [2.05, 4.69) is 478 Å². The molecule has 270 valence electrons. The average molecular weight is 2580 g/mol. The van der Waals surface area contributed by atoms with Crippen LogP contribution in [-0.4, -0.2) is 40.9 Å². The minimum Gasteiger partial charge on any atom is -0.0675 e. The van der Waals surface area contributed by atoms with Gasteiger partial charge in [0, 0.05) is 4.48 Å². The summed E-state index contributed by atoms with van der Waals surface area (Å²) in [6.07, 6.45) is 0. The maximum atomic E-state index is 3.98. The highest BCUT2D eigenvalue weighted by molar-refractivity contribution is 9.42. The van der Waals surface area contributed by atoms with Crippen LogP contribution in [-0.2, 0) is 0 Å². The molecule has 0 heterocycles. The fourth-order valence-corrected chi connectivity index (χ4v) is 31.3. The standard InChI is InChI=1S/C15Br30/c16-1(2(17)18)3(19,20)4(21,22)5(23,24)6(25,26)7(27,28)8(29,30)9(31,32)10(33,34)11(35,36)12(37,38)13(39,40)14(41,42)15(43,44)45. The summed E-state index contributed by atoms with van der Waals surface area (Å²) in [6, 6.07) is 0. The molecule has 0 atom stereocenters. The summed E-state index contributed by atoms with van der Waals surface area (Å²) in [5.74, 6) is 0. The Hall–Kier alpha value is 14.1. The molecule has 0 aromatic carbocycles. The van der Waals surface area contributed by atoms with Crippen molar-refractivity contribution in [2.45, 2.75) is 40.9 Å². The van der Waals surface area contributed by atoms with Crippen molar-refractivity contribution in [3.8, 4) is 0 Å². The van der Waals surface area contributed by atoms with Gasteiger partial charge in [-0.15, -0.1) is 0 Å². The molecule has 0 saturated heterocycles. The zero-order valence-electron chi connectivity index (χ0n) is 18.8. The third kappa shape index (κ3) is 10.5. The second kappa shape index (κ2) is 19.7. The van der Waals surface area contributed by atoms with Crippen molar-refractivity contribution < 1.29 is 0 Å². The Balaban J connectivity index is 7.55. The summed E-state index contributed by atoms with van der Waals surface area (Å²) in [6.45, 7) is 0. The Morgan fingerprint density at radius 3 is 0.533 bits per heavy atom. The molecule has 0 unspecified atom stereocenters. The number of rotatable bonds is 12. The molecule has 0 aromatic rings. The summed E-state index contributed by atoms with van der Waals surface area (Å²) in [5.41, 5.74) is 0. The van der Waals surface area contributed by atoms with E-state index in [9.17, 15) is 0 Å². The first-order valence-electron chi connectivity index (χ1n) is 9.17. The van der Waals surface area contributed by atoms with Gasteiger partial charge in [-0.2, -0.15) is 0 Å². The molecule has 0 N–H and O–H groups in total. The molecular formula is C15Br30. The summed E-state index contributed by atoms with van der Waals surface area (Å²) in [7, 11) is 0. The molecule has 0 saturated carbocycles. The highest BCUT2D eigenvalue weighted by Gasteiger charge is 2.82. The monoisotopic (exact) mass is 2550 g/mol. The lowest BCUT2D eigenvalue weighted by Crippen LogP contribution is -2.72. The van der Waals surface area contributed by atoms with Crippen molar-refractivity contribution in [1.29, 1.82) is 0 Å². The van der Waals surface area contributed by atoms with Crippen LogP contribution in [0.5, 0.6) is 0 Å². The van der Waals surface area contributed by atoms with Crippen LogP contribution in [0.2, 0.25) is 0 Å². The second-order valence-electron chi connectivity index (χ2n) is 7.96. The quantitative estimate of drug-likeness (QED) is 0.171. The molecule has 45 heavy (non-hydrogen) atoms. The molecule has 0 amide bonds. The van der Waals surface area contributed by atoms with Crippen molar-refractivity contribution in [3.05, 3.63) is 7.87 Å². The molecule has 0 aliphatic rings. The van der Waals surface area contributed by atoms with Crippen LogP contribution in [0.15, 0.2) is 7.87 Å². The lowest BCUT2D eigenvalue weighted by molar-refractivity contribution is 0.539. The Bertz CT molecular complexity index is 1120. The predicted octanol–water partition coefficient (Wildman–Crippen LogP) is 23.0. The Morgan fingerprint density at radius 1 is 0.222 bits per heavy atom. The van der Waals surface area contributed by atoms with Gasteiger partial charge in [-0.3, -0.25) is 0 Å². The number of hydrogen-bond acceptors (Lipinski definition) is 0. The third-order valence-corrected chi connectivity index (χ3v) is 65.6. The summed E-state index contributed by atoms with van der Waals surface area (Å²) < 4.78 is -13.4. The third-order valence-electron chi connectivity index (χ3n) is 5.14. The number of allylic oxidation sites excluding steroid dienone is 1. The summed E-state index contributed by atoms with van der Waals surface area (Å²) in [4.78, 5) is 0. The van der Waals surface area contributed by atoms with Crippen molar-refractivity contribution in [1.82, 2.24) is 0 Å². The van der Waals surface area contributed by atoms with Gasteiger partial charge in [-0.05, 0) is 31.9 Å². The van der Waals surface area contributed by atoms with E-state index < -0.39 is 40.9 Å². The smallest absolute Gasteiger partial charge is 0.0675 e. The largest absolute Gasteiger partial charge is 0.162 e. The van der Waals surface area contributed by atoms with E-state index in [0.717, 1.165) is 0 Å². The van der Waals surface area contributed by atoms with Crippen molar-refractivity contribution in [3.63, 3.8) is 0 Å². The summed E-state index contributed by atoms with van der Waals surface area (Å²) >= 11 is 115. The van der Waals surface area contributed by atoms with E-state index in [1.165, 1.54) is 0 Å². The molecule has 0 aromatic heterocycles. The number of alkyl halides is 27. The maximum absolute atomic E-state index is 3.98. The molecular weight excluding hydrogens is 2580 g/mol. The lowest BCUT2D eigenvalue weighted by Gasteiger charge is -2.61. The molecule has 0 radical (unpaired) electrons. The van der Waals surface area contributed by atoms with Crippen LogP contribution >= 0.6 is 478 Å². The minimum atomic E-state index is -1.25. The van der Waals surface area contributed by atoms with E-state index in [4.69, 9.17) is 0 Å². The molecule has 0 aliphatic heterocycles. The van der Waals surface area contributed by atoms with Crippen molar-refractivity contribution in [2.75, 3.05) is 0 Å². The fraction of sp³-hybridized carbons (Fsp3) is 0.867. The van der Waals surface area contributed by atoms with E-state index >= 15 is 0 Å². The van der Waals surface area contributed by atoms with Crippen LogP contribution in [0.3, 0.4) is 0 Å². The van der Waals surface area contributed by atoms with E-state index in [1.54, 1.807) is 0 Å². The predicted molar refractivity (Wildman–Crippen MR) is 310 cm³/mol. The highest BCUT2D eigenvalue weighted by Crippen LogP contribution is 2.82. The molecule has 30 heteroatoms. The van der Waals surface area contributed by atoms with Crippen LogP contribution in [0.1, 0.15) is 0 Å². The van der Waals surface area contributed by atoms with E-state index in [0.29, 0.717) is 7.87 Å². The van der Waals surface area contributed by atoms with E-state index in [1.807, 2.05) is 0 Å². The van der Waals surface area contributed by atoms with Crippen LogP contribution in [0.4, 0.5) is 0 Å². The Morgan fingerprint density at radius 2 is 0.378 bits per heavy atom. The molecule has 0 bridgehead atoms. The van der Waals surface area contributed by atoms with Gasteiger partial charge >= 0.3 is 0 Å². The van der Waals surface area contributed by atoms with E-state index in [-0.39, 0.29) is 0 Å². The normalized spacial score (nSPS) is 16.7. The SMILES string of the molecule is BrC(Br)=C(Br)C(Br)(Br)C(Br)(Br)C(Br)(Br)C(Br)(Br)C(Br)(Br)C(Br)(Br)C(Br)(Br)C(Br)(Br)C(Br)(Br)C(Br)(Br)C(Br)(Br)C(Br)(Br)C(Br)(Br)Br. The molecule has 0 fully saturated rings. The zero-order valence-corrected chi connectivity index (χ0v) is 66.4. The molecule has 0 rings (SSSR count). The number of halogens is 30. The first-order chi connectivity index (χ1) is 18.9. The van der Waals surface area contributed by atoms with Crippen molar-refractivity contribution in [2.24, 2.45) is 0 Å². The maximum Gasteiger partial charge on any atom is 0.162 e. The van der Waals surface area contributed by atoms with Crippen LogP contribution in [0.25, 0.3) is 0 Å². The van der Waals surface area contributed by atoms with Gasteiger partial charge in [0.2, 0.25) is 0 Å². The van der Waals surface area contributed by atoms with Gasteiger partial charge in [0.05, 0.1) is 3.39 Å². The van der Waals surface area contributed by atoms with Gasteiger partial charge in [-0.25, -0.2) is 0 Å². The van der Waals surface area contributed by atoms with Gasteiger partial charge < -0.3 is 0 Å².